The third-order valence-electron chi connectivity index (χ3n) is 3.06. The summed E-state index contributed by atoms with van der Waals surface area (Å²) in [6.45, 7) is 3.98. The predicted molar refractivity (Wildman–Crippen MR) is 80.5 cm³/mol. The first-order valence-corrected chi connectivity index (χ1v) is 6.78. The Morgan fingerprint density at radius 3 is 2.42 bits per heavy atom. The second-order valence-electron chi connectivity index (χ2n) is 4.88. The molecule has 0 aliphatic rings. The molecule has 3 heteroatoms. The van der Waals surface area contributed by atoms with Gasteiger partial charge in [-0.2, -0.15) is 0 Å². The molecule has 0 unspecified atom stereocenters. The molecule has 2 rings (SSSR count). The van der Waals surface area contributed by atoms with E-state index < -0.39 is 0 Å². The van der Waals surface area contributed by atoms with Gasteiger partial charge in [0.1, 0.15) is 11.5 Å². The van der Waals surface area contributed by atoms with Crippen LogP contribution in [-0.2, 0) is 6.54 Å². The molecule has 1 aromatic heterocycles. The van der Waals surface area contributed by atoms with Crippen molar-refractivity contribution >= 4 is 5.69 Å². The summed E-state index contributed by atoms with van der Waals surface area (Å²) < 4.78 is 5.84. The Morgan fingerprint density at radius 1 is 1.05 bits per heavy atom. The molecule has 0 radical (unpaired) electrons. The van der Waals surface area contributed by atoms with Crippen molar-refractivity contribution in [1.29, 1.82) is 0 Å². The van der Waals surface area contributed by atoms with Gasteiger partial charge in [0, 0.05) is 25.3 Å². The van der Waals surface area contributed by atoms with E-state index in [1.165, 1.54) is 5.69 Å². The molecule has 102 valence electrons. The summed E-state index contributed by atoms with van der Waals surface area (Å²) in [6, 6.07) is 12.5. The molecule has 0 saturated carbocycles. The lowest BCUT2D eigenvalue weighted by atomic mass is 10.1. The van der Waals surface area contributed by atoms with Gasteiger partial charge in [-0.25, -0.2) is 0 Å². The molecular weight excluding hydrogens is 236 g/mol. The first kappa shape index (κ1) is 13.7. The summed E-state index contributed by atoms with van der Waals surface area (Å²) in [4.78, 5) is 2.09. The molecule has 1 aromatic carbocycles. The molecule has 0 aliphatic heterocycles. The third-order valence-corrected chi connectivity index (χ3v) is 3.06. The van der Waals surface area contributed by atoms with Crippen LogP contribution in [0.25, 0.3) is 11.3 Å². The van der Waals surface area contributed by atoms with Gasteiger partial charge in [0.05, 0.1) is 6.54 Å². The lowest BCUT2D eigenvalue weighted by molar-refractivity contribution is 0.493. The van der Waals surface area contributed by atoms with E-state index in [-0.39, 0.29) is 0 Å². The van der Waals surface area contributed by atoms with Gasteiger partial charge < -0.3 is 14.6 Å². The zero-order chi connectivity index (χ0) is 13.7. The largest absolute Gasteiger partial charge is 0.460 e. The van der Waals surface area contributed by atoms with Crippen molar-refractivity contribution in [2.45, 2.75) is 19.9 Å². The minimum Gasteiger partial charge on any atom is -0.460 e. The molecule has 0 spiro atoms. The molecular formula is C16H22N2O. The van der Waals surface area contributed by atoms with Crippen LogP contribution in [0.2, 0.25) is 0 Å². The maximum absolute atomic E-state index is 5.84. The van der Waals surface area contributed by atoms with Crippen molar-refractivity contribution in [2.24, 2.45) is 0 Å². The third kappa shape index (κ3) is 3.61. The zero-order valence-corrected chi connectivity index (χ0v) is 11.9. The average molecular weight is 258 g/mol. The maximum atomic E-state index is 5.84. The monoisotopic (exact) mass is 258 g/mol. The maximum Gasteiger partial charge on any atom is 0.134 e. The molecule has 0 fully saturated rings. The molecule has 0 saturated heterocycles. The normalized spacial score (nSPS) is 10.7. The number of nitrogens with one attached hydrogen (secondary N) is 1. The number of rotatable bonds is 6. The highest BCUT2D eigenvalue weighted by atomic mass is 16.3. The number of benzene rings is 1. The zero-order valence-electron chi connectivity index (χ0n) is 11.9. The number of nitrogens with zero attached hydrogens (tertiary/aromatic N) is 1. The summed E-state index contributed by atoms with van der Waals surface area (Å²) in [6.07, 6.45) is 1.14. The standard InChI is InChI=1S/C16H22N2O/c1-4-11-17-12-15-9-10-16(19-15)13-5-7-14(8-6-13)18(2)3/h5-10,17H,4,11-12H2,1-3H3. The van der Waals surface area contributed by atoms with E-state index in [0.717, 1.165) is 36.6 Å². The summed E-state index contributed by atoms with van der Waals surface area (Å²) in [5.74, 6) is 1.92. The van der Waals surface area contributed by atoms with E-state index in [4.69, 9.17) is 4.42 Å². The number of hydrogen-bond acceptors (Lipinski definition) is 3. The average Bonchev–Trinajstić information content (AvgIpc) is 2.88. The van der Waals surface area contributed by atoms with Gasteiger partial charge in [-0.1, -0.05) is 6.92 Å². The van der Waals surface area contributed by atoms with Crippen LogP contribution in [0.1, 0.15) is 19.1 Å². The molecule has 0 bridgehead atoms. The Balaban J connectivity index is 2.05. The molecule has 0 aliphatic carbocycles. The fraction of sp³-hybridized carbons (Fsp3) is 0.375. The van der Waals surface area contributed by atoms with E-state index in [1.807, 2.05) is 26.2 Å². The number of hydrogen-bond donors (Lipinski definition) is 1. The van der Waals surface area contributed by atoms with Crippen molar-refractivity contribution < 1.29 is 4.42 Å². The summed E-state index contributed by atoms with van der Waals surface area (Å²) in [5, 5.41) is 3.34. The highest BCUT2D eigenvalue weighted by molar-refractivity contribution is 5.61. The molecule has 19 heavy (non-hydrogen) atoms. The Hall–Kier alpha value is -1.74. The number of anilines is 1. The summed E-state index contributed by atoms with van der Waals surface area (Å²) in [5.41, 5.74) is 2.31. The van der Waals surface area contributed by atoms with Gasteiger partial charge >= 0.3 is 0 Å². The van der Waals surface area contributed by atoms with E-state index in [9.17, 15) is 0 Å². The van der Waals surface area contributed by atoms with Gasteiger partial charge in [-0.05, 0) is 49.4 Å². The van der Waals surface area contributed by atoms with Crippen LogP contribution < -0.4 is 10.2 Å². The molecule has 2 aromatic rings. The first-order chi connectivity index (χ1) is 9.20. The molecule has 0 amide bonds. The van der Waals surface area contributed by atoms with Crippen molar-refractivity contribution in [1.82, 2.24) is 5.32 Å². The van der Waals surface area contributed by atoms with Crippen LogP contribution in [0.4, 0.5) is 5.69 Å². The fourth-order valence-electron chi connectivity index (χ4n) is 1.94. The smallest absolute Gasteiger partial charge is 0.134 e. The Bertz CT molecular complexity index is 500. The van der Waals surface area contributed by atoms with E-state index in [2.05, 4.69) is 41.4 Å². The van der Waals surface area contributed by atoms with E-state index >= 15 is 0 Å². The Kier molecular flexibility index (Phi) is 4.63. The van der Waals surface area contributed by atoms with Crippen LogP contribution in [0.15, 0.2) is 40.8 Å². The second-order valence-corrected chi connectivity index (χ2v) is 4.88. The minimum atomic E-state index is 0.795. The van der Waals surface area contributed by atoms with Crippen LogP contribution >= 0.6 is 0 Å². The van der Waals surface area contributed by atoms with Crippen molar-refractivity contribution in [3.63, 3.8) is 0 Å². The van der Waals surface area contributed by atoms with E-state index in [0.29, 0.717) is 0 Å². The van der Waals surface area contributed by atoms with E-state index in [1.54, 1.807) is 0 Å². The lowest BCUT2D eigenvalue weighted by Crippen LogP contribution is -2.12. The first-order valence-electron chi connectivity index (χ1n) is 6.78. The second kappa shape index (κ2) is 6.43. The molecule has 1 N–H and O–H groups in total. The predicted octanol–water partition coefficient (Wildman–Crippen LogP) is 3.51. The Labute approximate surface area is 115 Å². The quantitative estimate of drug-likeness (QED) is 0.804. The van der Waals surface area contributed by atoms with Gasteiger partial charge in [0.15, 0.2) is 0 Å². The highest BCUT2D eigenvalue weighted by Crippen LogP contribution is 2.24. The molecule has 0 atom stereocenters. The van der Waals surface area contributed by atoms with Crippen molar-refractivity contribution in [3.8, 4) is 11.3 Å². The van der Waals surface area contributed by atoms with Gasteiger partial charge in [-0.15, -0.1) is 0 Å². The SMILES string of the molecule is CCCNCc1ccc(-c2ccc(N(C)C)cc2)o1. The van der Waals surface area contributed by atoms with Gasteiger partial charge in [-0.3, -0.25) is 0 Å². The molecule has 1 heterocycles. The van der Waals surface area contributed by atoms with Gasteiger partial charge in [0.2, 0.25) is 0 Å². The minimum absolute atomic E-state index is 0.795. The fourth-order valence-corrected chi connectivity index (χ4v) is 1.94. The molecule has 3 nitrogen and oxygen atoms in total. The van der Waals surface area contributed by atoms with Gasteiger partial charge in [0.25, 0.3) is 0 Å². The van der Waals surface area contributed by atoms with Crippen molar-refractivity contribution in [2.75, 3.05) is 25.5 Å². The van der Waals surface area contributed by atoms with Crippen molar-refractivity contribution in [3.05, 3.63) is 42.2 Å². The number of furan rings is 1. The summed E-state index contributed by atoms with van der Waals surface area (Å²) in [7, 11) is 4.08. The topological polar surface area (TPSA) is 28.4 Å². The van der Waals surface area contributed by atoms with Crippen LogP contribution in [0.5, 0.6) is 0 Å². The Morgan fingerprint density at radius 2 is 1.79 bits per heavy atom. The van der Waals surface area contributed by atoms with Crippen LogP contribution in [0, 0.1) is 0 Å². The van der Waals surface area contributed by atoms with Crippen LogP contribution in [0.3, 0.4) is 0 Å². The van der Waals surface area contributed by atoms with Crippen LogP contribution in [-0.4, -0.2) is 20.6 Å². The summed E-state index contributed by atoms with van der Waals surface area (Å²) >= 11 is 0. The lowest BCUT2D eigenvalue weighted by Gasteiger charge is -2.12. The highest BCUT2D eigenvalue weighted by Gasteiger charge is 2.05.